The predicted molar refractivity (Wildman–Crippen MR) is 113 cm³/mol. The number of nitrogens with zero attached hydrogens (tertiary/aromatic N) is 4. The molecule has 3 heterocycles. The number of thiazole rings is 2. The highest BCUT2D eigenvalue weighted by Gasteiger charge is 2.22. The quantitative estimate of drug-likeness (QED) is 0.463. The number of hydrogen-bond acceptors (Lipinski definition) is 6. The van der Waals surface area contributed by atoms with Gasteiger partial charge in [0.15, 0.2) is 10.3 Å². The van der Waals surface area contributed by atoms with Crippen LogP contribution in [-0.4, -0.2) is 36.1 Å². The Bertz CT molecular complexity index is 1100. The van der Waals surface area contributed by atoms with Gasteiger partial charge in [0.2, 0.25) is 0 Å². The van der Waals surface area contributed by atoms with E-state index in [0.717, 1.165) is 57.2 Å². The van der Waals surface area contributed by atoms with Gasteiger partial charge in [-0.3, -0.25) is 0 Å². The van der Waals surface area contributed by atoms with Crippen LogP contribution in [-0.2, 0) is 0 Å². The third-order valence-corrected chi connectivity index (χ3v) is 7.16. The van der Waals surface area contributed by atoms with Gasteiger partial charge in [0.25, 0.3) is 0 Å². The van der Waals surface area contributed by atoms with Crippen LogP contribution in [0.15, 0.2) is 36.4 Å². The van der Waals surface area contributed by atoms with E-state index in [9.17, 15) is 0 Å². The summed E-state index contributed by atoms with van der Waals surface area (Å²) in [5.41, 5.74) is 3.41. The maximum atomic E-state index is 6.10. The molecule has 0 saturated carbocycles. The zero-order valence-electron chi connectivity index (χ0n) is 14.3. The molecule has 1 aliphatic rings. The van der Waals surface area contributed by atoms with Crippen molar-refractivity contribution in [3.8, 4) is 0 Å². The lowest BCUT2D eigenvalue weighted by Gasteiger charge is -2.34. The molecule has 1 saturated heterocycles. The largest absolute Gasteiger partial charge is 0.345 e. The van der Waals surface area contributed by atoms with Crippen molar-refractivity contribution in [3.05, 3.63) is 47.0 Å². The highest BCUT2D eigenvalue weighted by Crippen LogP contribution is 2.33. The number of hydrogen-bond donors (Lipinski definition) is 0. The Hall–Kier alpha value is -1.89. The van der Waals surface area contributed by atoms with Crippen molar-refractivity contribution in [2.24, 2.45) is 0 Å². The molecule has 4 nitrogen and oxygen atoms in total. The minimum absolute atomic E-state index is 0.767. The van der Waals surface area contributed by atoms with Gasteiger partial charge in [-0.25, -0.2) is 9.97 Å². The first kappa shape index (κ1) is 16.3. The zero-order valence-corrected chi connectivity index (χ0v) is 16.7. The van der Waals surface area contributed by atoms with Crippen LogP contribution in [0.5, 0.6) is 0 Å². The van der Waals surface area contributed by atoms with Crippen LogP contribution in [0.1, 0.15) is 5.56 Å². The standard InChI is InChI=1S/C19H17ClN4S2/c1-12-3-2-4-15-17(12)22-19(25-15)24-9-7-23(8-10-24)18-21-14-6-5-13(20)11-16(14)26-18/h2-6,11H,7-10H2,1H3. The fourth-order valence-corrected chi connectivity index (χ4v) is 5.71. The summed E-state index contributed by atoms with van der Waals surface area (Å²) < 4.78 is 2.42. The Morgan fingerprint density at radius 2 is 1.58 bits per heavy atom. The van der Waals surface area contributed by atoms with Crippen molar-refractivity contribution >= 4 is 65.0 Å². The van der Waals surface area contributed by atoms with Gasteiger partial charge >= 0.3 is 0 Å². The molecule has 5 rings (SSSR count). The fourth-order valence-electron chi connectivity index (χ4n) is 3.32. The number of para-hydroxylation sites is 1. The van der Waals surface area contributed by atoms with Crippen LogP contribution in [0.2, 0.25) is 5.02 Å². The molecule has 0 radical (unpaired) electrons. The first-order valence-corrected chi connectivity index (χ1v) is 10.6. The molecule has 0 spiro atoms. The maximum absolute atomic E-state index is 6.10. The van der Waals surface area contributed by atoms with E-state index < -0.39 is 0 Å². The van der Waals surface area contributed by atoms with Crippen molar-refractivity contribution in [1.82, 2.24) is 9.97 Å². The third-order valence-electron chi connectivity index (χ3n) is 4.77. The Morgan fingerprint density at radius 3 is 2.31 bits per heavy atom. The molecule has 7 heteroatoms. The second kappa shape index (κ2) is 6.37. The second-order valence-corrected chi connectivity index (χ2v) is 8.96. The summed E-state index contributed by atoms with van der Waals surface area (Å²) in [5, 5.41) is 2.98. The molecule has 2 aromatic heterocycles. The first-order chi connectivity index (χ1) is 12.7. The molecule has 132 valence electrons. The molecule has 4 aromatic rings. The number of aromatic nitrogens is 2. The highest BCUT2D eigenvalue weighted by atomic mass is 35.5. The number of anilines is 2. The summed E-state index contributed by atoms with van der Waals surface area (Å²) in [6.07, 6.45) is 0. The molecule has 0 aliphatic carbocycles. The fraction of sp³-hybridized carbons (Fsp3) is 0.263. The van der Waals surface area contributed by atoms with Gasteiger partial charge in [-0.05, 0) is 36.8 Å². The lowest BCUT2D eigenvalue weighted by atomic mass is 10.2. The van der Waals surface area contributed by atoms with E-state index in [4.69, 9.17) is 21.6 Å². The van der Waals surface area contributed by atoms with E-state index in [1.165, 1.54) is 10.3 Å². The van der Waals surface area contributed by atoms with E-state index in [-0.39, 0.29) is 0 Å². The van der Waals surface area contributed by atoms with Crippen molar-refractivity contribution in [2.45, 2.75) is 6.92 Å². The van der Waals surface area contributed by atoms with Gasteiger partial charge in [0, 0.05) is 31.2 Å². The SMILES string of the molecule is Cc1cccc2sc(N3CCN(c4nc5ccc(Cl)cc5s4)CC3)nc12. The lowest BCUT2D eigenvalue weighted by molar-refractivity contribution is 0.651. The zero-order chi connectivity index (χ0) is 17.7. The summed E-state index contributed by atoms with van der Waals surface area (Å²) in [5.74, 6) is 0. The van der Waals surface area contributed by atoms with E-state index in [1.54, 1.807) is 22.7 Å². The Kier molecular flexibility index (Phi) is 3.99. The van der Waals surface area contributed by atoms with E-state index in [1.807, 2.05) is 18.2 Å². The average molecular weight is 401 g/mol. The first-order valence-electron chi connectivity index (χ1n) is 8.59. The topological polar surface area (TPSA) is 32.3 Å². The monoisotopic (exact) mass is 400 g/mol. The molecular formula is C19H17ClN4S2. The van der Waals surface area contributed by atoms with Crippen LogP contribution in [0, 0.1) is 6.92 Å². The van der Waals surface area contributed by atoms with Crippen LogP contribution in [0.4, 0.5) is 10.3 Å². The van der Waals surface area contributed by atoms with Crippen LogP contribution in [0.3, 0.4) is 0 Å². The molecule has 0 N–H and O–H groups in total. The summed E-state index contributed by atoms with van der Waals surface area (Å²) in [6.45, 7) is 5.99. The molecule has 0 unspecified atom stereocenters. The summed E-state index contributed by atoms with van der Waals surface area (Å²) in [4.78, 5) is 14.4. The van der Waals surface area contributed by atoms with Crippen molar-refractivity contribution < 1.29 is 0 Å². The van der Waals surface area contributed by atoms with E-state index in [2.05, 4.69) is 34.9 Å². The predicted octanol–water partition coefficient (Wildman–Crippen LogP) is 5.19. The number of rotatable bonds is 2. The van der Waals surface area contributed by atoms with E-state index in [0.29, 0.717) is 0 Å². The number of piperazine rings is 1. The van der Waals surface area contributed by atoms with Gasteiger partial charge in [0.1, 0.15) is 0 Å². The molecule has 0 bridgehead atoms. The number of benzene rings is 2. The average Bonchev–Trinajstić information content (AvgIpc) is 3.26. The van der Waals surface area contributed by atoms with E-state index >= 15 is 0 Å². The minimum atomic E-state index is 0.767. The van der Waals surface area contributed by atoms with Gasteiger partial charge in [0.05, 0.1) is 20.4 Å². The maximum Gasteiger partial charge on any atom is 0.186 e. The molecule has 26 heavy (non-hydrogen) atoms. The van der Waals surface area contributed by atoms with Gasteiger partial charge < -0.3 is 9.80 Å². The molecular weight excluding hydrogens is 384 g/mol. The van der Waals surface area contributed by atoms with Crippen molar-refractivity contribution in [1.29, 1.82) is 0 Å². The number of halogens is 1. The molecule has 2 aromatic carbocycles. The summed E-state index contributed by atoms with van der Waals surface area (Å²) in [7, 11) is 0. The molecule has 1 aliphatic heterocycles. The van der Waals surface area contributed by atoms with Gasteiger partial charge in [-0.15, -0.1) is 0 Å². The number of fused-ring (bicyclic) bond motifs is 2. The summed E-state index contributed by atoms with van der Waals surface area (Å²) >= 11 is 9.61. The second-order valence-electron chi connectivity index (χ2n) is 6.50. The summed E-state index contributed by atoms with van der Waals surface area (Å²) in [6, 6.07) is 12.3. The Balaban J connectivity index is 1.35. The Morgan fingerprint density at radius 1 is 0.885 bits per heavy atom. The van der Waals surface area contributed by atoms with Crippen LogP contribution < -0.4 is 9.80 Å². The Labute approximate surface area is 164 Å². The highest BCUT2D eigenvalue weighted by molar-refractivity contribution is 7.22. The van der Waals surface area contributed by atoms with Crippen LogP contribution in [0.25, 0.3) is 20.4 Å². The third kappa shape index (κ3) is 2.82. The van der Waals surface area contributed by atoms with Gasteiger partial charge in [-0.1, -0.05) is 46.4 Å². The normalized spacial score (nSPS) is 15.3. The number of aryl methyl sites for hydroxylation is 1. The molecule has 0 atom stereocenters. The smallest absolute Gasteiger partial charge is 0.186 e. The van der Waals surface area contributed by atoms with Gasteiger partial charge in [-0.2, -0.15) is 0 Å². The van der Waals surface area contributed by atoms with Crippen LogP contribution >= 0.6 is 34.3 Å². The molecule has 1 fully saturated rings. The van der Waals surface area contributed by atoms with Crippen molar-refractivity contribution in [3.63, 3.8) is 0 Å². The van der Waals surface area contributed by atoms with Crippen molar-refractivity contribution in [2.75, 3.05) is 36.0 Å². The molecule has 0 amide bonds. The minimum Gasteiger partial charge on any atom is -0.345 e. The lowest BCUT2D eigenvalue weighted by Crippen LogP contribution is -2.46.